The molecule has 0 radical (unpaired) electrons. The third-order valence-electron chi connectivity index (χ3n) is 3.61. The zero-order chi connectivity index (χ0) is 13.7. The number of hydrogen-bond acceptors (Lipinski definition) is 6. The average Bonchev–Trinajstić information content (AvgIpc) is 2.95. The summed E-state index contributed by atoms with van der Waals surface area (Å²) < 4.78 is 3.87. The molecular formula is C12H14N8. The van der Waals surface area contributed by atoms with Gasteiger partial charge >= 0.3 is 0 Å². The minimum Gasteiger partial charge on any atom is -0.349 e. The Morgan fingerprint density at radius 3 is 2.85 bits per heavy atom. The van der Waals surface area contributed by atoms with Crippen LogP contribution in [0.5, 0.6) is 0 Å². The monoisotopic (exact) mass is 270 g/mol. The summed E-state index contributed by atoms with van der Waals surface area (Å²) >= 11 is 0. The molecule has 102 valence electrons. The molecule has 0 aromatic carbocycles. The maximum Gasteiger partial charge on any atom is 0.203 e. The van der Waals surface area contributed by atoms with E-state index in [-0.39, 0.29) is 0 Å². The predicted molar refractivity (Wildman–Crippen MR) is 71.5 cm³/mol. The van der Waals surface area contributed by atoms with Crippen LogP contribution in [0.25, 0.3) is 5.65 Å². The molecule has 1 aliphatic heterocycles. The highest BCUT2D eigenvalue weighted by molar-refractivity contribution is 5.64. The molecule has 1 fully saturated rings. The van der Waals surface area contributed by atoms with E-state index in [4.69, 9.17) is 0 Å². The van der Waals surface area contributed by atoms with Crippen molar-refractivity contribution in [2.24, 2.45) is 0 Å². The van der Waals surface area contributed by atoms with Gasteiger partial charge in [0, 0.05) is 25.5 Å². The second-order valence-corrected chi connectivity index (χ2v) is 5.02. The van der Waals surface area contributed by atoms with E-state index in [2.05, 4.69) is 30.2 Å². The zero-order valence-corrected chi connectivity index (χ0v) is 11.3. The largest absolute Gasteiger partial charge is 0.349 e. The van der Waals surface area contributed by atoms with Gasteiger partial charge in [-0.05, 0) is 13.8 Å². The van der Waals surface area contributed by atoms with E-state index in [9.17, 15) is 0 Å². The minimum absolute atomic E-state index is 0.348. The summed E-state index contributed by atoms with van der Waals surface area (Å²) in [7, 11) is 0. The molecule has 8 nitrogen and oxygen atoms in total. The molecule has 3 aromatic rings. The van der Waals surface area contributed by atoms with Gasteiger partial charge in [-0.15, -0.1) is 10.2 Å². The van der Waals surface area contributed by atoms with E-state index in [0.29, 0.717) is 6.04 Å². The Bertz CT molecular complexity index is 767. The lowest BCUT2D eigenvalue weighted by molar-refractivity contribution is 0.358. The second kappa shape index (κ2) is 3.99. The van der Waals surface area contributed by atoms with E-state index in [1.807, 2.05) is 29.1 Å². The molecule has 20 heavy (non-hydrogen) atoms. The summed E-state index contributed by atoms with van der Waals surface area (Å²) in [5, 5.41) is 12.5. The van der Waals surface area contributed by atoms with Crippen molar-refractivity contribution >= 4 is 11.5 Å². The van der Waals surface area contributed by atoms with Gasteiger partial charge in [-0.25, -0.2) is 14.6 Å². The molecule has 0 spiro atoms. The maximum atomic E-state index is 4.44. The van der Waals surface area contributed by atoms with Crippen molar-refractivity contribution in [2.75, 3.05) is 18.0 Å². The Labute approximate surface area is 115 Å². The smallest absolute Gasteiger partial charge is 0.203 e. The van der Waals surface area contributed by atoms with Crippen molar-refractivity contribution in [3.8, 4) is 0 Å². The Morgan fingerprint density at radius 2 is 2.10 bits per heavy atom. The van der Waals surface area contributed by atoms with Crippen LogP contribution in [0, 0.1) is 13.8 Å². The molecule has 1 aliphatic rings. The van der Waals surface area contributed by atoms with Crippen molar-refractivity contribution < 1.29 is 0 Å². The first kappa shape index (κ1) is 11.3. The van der Waals surface area contributed by atoms with Gasteiger partial charge in [0.2, 0.25) is 5.65 Å². The number of nitrogens with zero attached hydrogens (tertiary/aromatic N) is 8. The van der Waals surface area contributed by atoms with E-state index >= 15 is 0 Å². The van der Waals surface area contributed by atoms with Crippen LogP contribution >= 0.6 is 0 Å². The summed E-state index contributed by atoms with van der Waals surface area (Å²) in [6.45, 7) is 5.63. The van der Waals surface area contributed by atoms with Crippen LogP contribution < -0.4 is 4.90 Å². The molecule has 0 aliphatic carbocycles. The highest BCUT2D eigenvalue weighted by atomic mass is 15.4. The minimum atomic E-state index is 0.348. The molecule has 0 amide bonds. The van der Waals surface area contributed by atoms with E-state index in [1.54, 1.807) is 12.5 Å². The number of rotatable bonds is 2. The molecule has 0 bridgehead atoms. The molecule has 0 atom stereocenters. The summed E-state index contributed by atoms with van der Waals surface area (Å²) in [4.78, 5) is 10.9. The van der Waals surface area contributed by atoms with Gasteiger partial charge in [0.05, 0.1) is 6.04 Å². The van der Waals surface area contributed by atoms with Crippen LogP contribution in [0.1, 0.15) is 17.7 Å². The predicted octanol–water partition coefficient (Wildman–Crippen LogP) is 0.394. The molecular weight excluding hydrogens is 256 g/mol. The van der Waals surface area contributed by atoms with Gasteiger partial charge in [-0.2, -0.15) is 5.10 Å². The first-order valence-corrected chi connectivity index (χ1v) is 6.51. The molecule has 4 rings (SSSR count). The first-order valence-electron chi connectivity index (χ1n) is 6.51. The summed E-state index contributed by atoms with van der Waals surface area (Å²) in [5.41, 5.74) is 0.789. The number of aromatic nitrogens is 7. The lowest BCUT2D eigenvalue weighted by Gasteiger charge is -2.40. The summed E-state index contributed by atoms with van der Waals surface area (Å²) in [6, 6.07) is 0.348. The van der Waals surface area contributed by atoms with Crippen LogP contribution in [-0.4, -0.2) is 47.4 Å². The van der Waals surface area contributed by atoms with E-state index in [1.165, 1.54) is 0 Å². The molecule has 4 heterocycles. The summed E-state index contributed by atoms with van der Waals surface area (Å²) in [5.74, 6) is 2.65. The Kier molecular flexibility index (Phi) is 2.26. The Morgan fingerprint density at radius 1 is 1.25 bits per heavy atom. The highest BCUT2D eigenvalue weighted by Crippen LogP contribution is 2.28. The third kappa shape index (κ3) is 1.57. The van der Waals surface area contributed by atoms with Crippen molar-refractivity contribution in [3.63, 3.8) is 0 Å². The van der Waals surface area contributed by atoms with Gasteiger partial charge in [0.25, 0.3) is 0 Å². The van der Waals surface area contributed by atoms with Gasteiger partial charge in [-0.3, -0.25) is 4.40 Å². The topological polar surface area (TPSA) is 77.0 Å². The molecule has 0 N–H and O–H groups in total. The maximum absolute atomic E-state index is 4.44. The van der Waals surface area contributed by atoms with Gasteiger partial charge in [0.1, 0.15) is 18.0 Å². The molecule has 1 saturated heterocycles. The molecule has 8 heteroatoms. The van der Waals surface area contributed by atoms with Gasteiger partial charge in [-0.1, -0.05) is 0 Å². The Balaban J connectivity index is 1.59. The molecule has 0 saturated carbocycles. The normalized spacial score (nSPS) is 15.8. The highest BCUT2D eigenvalue weighted by Gasteiger charge is 2.32. The quantitative estimate of drug-likeness (QED) is 0.670. The number of hydrogen-bond donors (Lipinski definition) is 0. The fourth-order valence-electron chi connectivity index (χ4n) is 2.63. The lowest BCUT2D eigenvalue weighted by Crippen LogP contribution is -2.49. The summed E-state index contributed by atoms with van der Waals surface area (Å²) in [6.07, 6.45) is 5.30. The van der Waals surface area contributed by atoms with Crippen LogP contribution in [0.4, 0.5) is 5.82 Å². The molecule has 0 unspecified atom stereocenters. The lowest BCUT2D eigenvalue weighted by atomic mass is 10.1. The van der Waals surface area contributed by atoms with Crippen molar-refractivity contribution in [1.82, 2.24) is 34.3 Å². The van der Waals surface area contributed by atoms with Crippen molar-refractivity contribution in [3.05, 3.63) is 30.4 Å². The van der Waals surface area contributed by atoms with E-state index < -0.39 is 0 Å². The van der Waals surface area contributed by atoms with E-state index in [0.717, 1.165) is 36.2 Å². The van der Waals surface area contributed by atoms with Crippen LogP contribution in [-0.2, 0) is 0 Å². The fraction of sp³-hybridized carbons (Fsp3) is 0.417. The third-order valence-corrected chi connectivity index (χ3v) is 3.61. The average molecular weight is 270 g/mol. The SMILES string of the molecule is Cc1nc(C)n(C2CN(c3nccn4cnnc34)C2)n1. The van der Waals surface area contributed by atoms with Crippen LogP contribution in [0.2, 0.25) is 0 Å². The number of anilines is 1. The van der Waals surface area contributed by atoms with Crippen LogP contribution in [0.3, 0.4) is 0 Å². The number of aryl methyl sites for hydroxylation is 2. The zero-order valence-electron chi connectivity index (χ0n) is 11.3. The fourth-order valence-corrected chi connectivity index (χ4v) is 2.63. The van der Waals surface area contributed by atoms with Gasteiger partial charge in [0.15, 0.2) is 5.82 Å². The van der Waals surface area contributed by atoms with Gasteiger partial charge < -0.3 is 4.90 Å². The van der Waals surface area contributed by atoms with Crippen molar-refractivity contribution in [1.29, 1.82) is 0 Å². The van der Waals surface area contributed by atoms with Crippen molar-refractivity contribution in [2.45, 2.75) is 19.9 Å². The second-order valence-electron chi connectivity index (χ2n) is 5.02. The standard InChI is InChI=1S/C12H14N8/c1-8-15-9(2)20(17-8)10-5-19(6-10)11-12-16-14-7-18(12)4-3-13-11/h3-4,7,10H,5-6H2,1-2H3. The van der Waals surface area contributed by atoms with Crippen LogP contribution in [0.15, 0.2) is 18.7 Å². The molecule has 3 aromatic heterocycles. The first-order chi connectivity index (χ1) is 9.72. The Hall–Kier alpha value is -2.51. The number of fused-ring (bicyclic) bond motifs is 1.